The molecule has 2 bridgehead atoms. The Kier molecular flexibility index (Phi) is 13.9. The van der Waals surface area contributed by atoms with Gasteiger partial charge in [-0.25, -0.2) is 4.98 Å². The monoisotopic (exact) mass is 631 g/mol. The average molecular weight is 632 g/mol. The van der Waals surface area contributed by atoms with Crippen molar-refractivity contribution in [2.24, 2.45) is 11.3 Å². The topological polar surface area (TPSA) is 168 Å². The number of carboxylic acids is 1. The number of ether oxygens (including phenoxy) is 2. The van der Waals surface area contributed by atoms with Gasteiger partial charge in [0.2, 0.25) is 11.8 Å². The van der Waals surface area contributed by atoms with E-state index in [4.69, 9.17) is 19.4 Å². The molecule has 1 aliphatic carbocycles. The number of nitrogens with zero attached hydrogens (tertiary/aromatic N) is 1. The van der Waals surface area contributed by atoms with Crippen LogP contribution in [0.2, 0.25) is 0 Å². The Morgan fingerprint density at radius 2 is 1.95 bits per heavy atom. The zero-order valence-electron chi connectivity index (χ0n) is 25.8. The van der Waals surface area contributed by atoms with Gasteiger partial charge in [0.25, 0.3) is 11.9 Å². The van der Waals surface area contributed by atoms with Crippen LogP contribution in [-0.2, 0) is 38.6 Å². The van der Waals surface area contributed by atoms with Crippen molar-refractivity contribution >= 4 is 35.0 Å². The zero-order chi connectivity index (χ0) is 32.0. The number of hydrogen-bond acceptors (Lipinski definition) is 9. The lowest BCUT2D eigenvalue weighted by Gasteiger charge is -2.33. The van der Waals surface area contributed by atoms with Crippen LogP contribution in [0.5, 0.6) is 11.5 Å². The predicted octanol–water partition coefficient (Wildman–Crippen LogP) is 2.45. The quantitative estimate of drug-likeness (QED) is 0.308. The summed E-state index contributed by atoms with van der Waals surface area (Å²) < 4.78 is 11.3. The molecule has 4 rings (SSSR count). The molecule has 44 heavy (non-hydrogen) atoms. The SMILES string of the molecule is CC(=O)O.CCc1csc(CNC(=O)C2(CC3CC3)CNC(=O)CCCNCCNC(=O)COc3cc(ccc3OC)C2)n1. The zero-order valence-corrected chi connectivity index (χ0v) is 26.6. The number of hydrogen-bond donors (Lipinski definition) is 5. The molecular formula is C31H45N5O7S. The Bertz CT molecular complexity index is 1260. The number of amides is 3. The van der Waals surface area contributed by atoms with E-state index in [0.29, 0.717) is 69.3 Å². The summed E-state index contributed by atoms with van der Waals surface area (Å²) >= 11 is 1.54. The third-order valence-electron chi connectivity index (χ3n) is 7.35. The molecule has 12 nitrogen and oxygen atoms in total. The van der Waals surface area contributed by atoms with E-state index < -0.39 is 11.4 Å². The number of benzene rings is 1. The molecular weight excluding hydrogens is 586 g/mol. The summed E-state index contributed by atoms with van der Waals surface area (Å²) in [6, 6.07) is 5.55. The van der Waals surface area contributed by atoms with E-state index in [2.05, 4.69) is 33.2 Å². The smallest absolute Gasteiger partial charge is 0.300 e. The molecule has 1 unspecified atom stereocenters. The van der Waals surface area contributed by atoms with Crippen molar-refractivity contribution in [2.75, 3.05) is 39.9 Å². The van der Waals surface area contributed by atoms with Crippen LogP contribution >= 0.6 is 11.3 Å². The number of aryl methyl sites for hydroxylation is 1. The van der Waals surface area contributed by atoms with Gasteiger partial charge in [-0.15, -0.1) is 11.3 Å². The van der Waals surface area contributed by atoms with Gasteiger partial charge in [-0.3, -0.25) is 19.2 Å². The van der Waals surface area contributed by atoms with E-state index in [9.17, 15) is 14.4 Å². The van der Waals surface area contributed by atoms with Crippen LogP contribution in [0.1, 0.15) is 62.2 Å². The predicted molar refractivity (Wildman–Crippen MR) is 167 cm³/mol. The molecule has 1 aromatic carbocycles. The summed E-state index contributed by atoms with van der Waals surface area (Å²) in [7, 11) is 1.55. The van der Waals surface area contributed by atoms with Crippen molar-refractivity contribution in [2.45, 2.75) is 65.3 Å². The second kappa shape index (κ2) is 17.6. The van der Waals surface area contributed by atoms with E-state index in [1.165, 1.54) is 0 Å². The summed E-state index contributed by atoms with van der Waals surface area (Å²) in [4.78, 5) is 52.8. The van der Waals surface area contributed by atoms with Gasteiger partial charge < -0.3 is 35.8 Å². The van der Waals surface area contributed by atoms with Gasteiger partial charge in [0, 0.05) is 38.4 Å². The molecule has 1 aromatic heterocycles. The molecule has 2 heterocycles. The number of carboxylic acid groups (broad SMARTS) is 1. The van der Waals surface area contributed by atoms with Crippen LogP contribution in [0.25, 0.3) is 0 Å². The fourth-order valence-electron chi connectivity index (χ4n) is 4.94. The minimum Gasteiger partial charge on any atom is -0.493 e. The van der Waals surface area contributed by atoms with Gasteiger partial charge in [-0.05, 0) is 55.8 Å². The van der Waals surface area contributed by atoms with Crippen molar-refractivity contribution in [3.05, 3.63) is 39.8 Å². The largest absolute Gasteiger partial charge is 0.493 e. The number of methoxy groups -OCH3 is 1. The third-order valence-corrected chi connectivity index (χ3v) is 8.25. The van der Waals surface area contributed by atoms with E-state index in [-0.39, 0.29) is 30.9 Å². The summed E-state index contributed by atoms with van der Waals surface area (Å²) in [5, 5.41) is 22.6. The van der Waals surface area contributed by atoms with Gasteiger partial charge >= 0.3 is 0 Å². The van der Waals surface area contributed by atoms with E-state index in [1.807, 2.05) is 17.5 Å². The molecule has 5 N–H and O–H groups in total. The van der Waals surface area contributed by atoms with Crippen molar-refractivity contribution in [1.29, 1.82) is 0 Å². The van der Waals surface area contributed by atoms with Gasteiger partial charge in [0.05, 0.1) is 24.8 Å². The number of carbonyl (C=O) groups is 4. The van der Waals surface area contributed by atoms with Crippen LogP contribution in [0, 0.1) is 11.3 Å². The molecule has 0 radical (unpaired) electrons. The standard InChI is InChI=1S/C29H41N5O5S.C2H4O2/c1-3-22-18-40-27(34-22)16-32-28(37)29(14-20-6-7-20)15-21-8-9-23(38-2)24(13-21)39-17-26(36)31-12-11-30-10-4-5-25(35)33-19-29;1-2(3)4/h8-9,13,18,20,30H,3-7,10-12,14-17,19H2,1-2H3,(H,31,36)(H,32,37)(H,33,35);1H3,(H,3,4). The molecule has 2 aliphatic rings. The highest BCUT2D eigenvalue weighted by molar-refractivity contribution is 7.09. The lowest BCUT2D eigenvalue weighted by Crippen LogP contribution is -2.50. The maximum atomic E-state index is 14.0. The van der Waals surface area contributed by atoms with Gasteiger partial charge in [-0.1, -0.05) is 25.8 Å². The average Bonchev–Trinajstić information content (AvgIpc) is 3.69. The van der Waals surface area contributed by atoms with Crippen LogP contribution in [-0.4, -0.2) is 73.7 Å². The maximum absolute atomic E-state index is 14.0. The number of nitrogens with one attached hydrogen (secondary N) is 4. The van der Waals surface area contributed by atoms with Gasteiger partial charge in [0.15, 0.2) is 18.1 Å². The van der Waals surface area contributed by atoms with E-state index in [1.54, 1.807) is 24.5 Å². The molecule has 0 spiro atoms. The van der Waals surface area contributed by atoms with Crippen molar-refractivity contribution < 1.29 is 33.8 Å². The summed E-state index contributed by atoms with van der Waals surface area (Å²) in [6.45, 7) is 5.30. The number of aromatic nitrogens is 1. The number of aliphatic carboxylic acids is 1. The van der Waals surface area contributed by atoms with Crippen molar-refractivity contribution in [3.63, 3.8) is 0 Å². The normalized spacial score (nSPS) is 19.9. The van der Waals surface area contributed by atoms with Gasteiger partial charge in [-0.2, -0.15) is 0 Å². The summed E-state index contributed by atoms with van der Waals surface area (Å²) in [5.41, 5.74) is 1.03. The number of thiazole rings is 1. The second-order valence-electron chi connectivity index (χ2n) is 11.1. The molecule has 1 atom stereocenters. The highest BCUT2D eigenvalue weighted by Crippen LogP contribution is 2.43. The van der Waals surface area contributed by atoms with Crippen molar-refractivity contribution in [3.8, 4) is 11.5 Å². The van der Waals surface area contributed by atoms with Crippen LogP contribution in [0.15, 0.2) is 23.6 Å². The Morgan fingerprint density at radius 1 is 1.18 bits per heavy atom. The van der Waals surface area contributed by atoms with Crippen molar-refractivity contribution in [1.82, 2.24) is 26.3 Å². The molecule has 242 valence electrons. The number of rotatable bonds is 7. The minimum absolute atomic E-state index is 0.0737. The van der Waals surface area contributed by atoms with Crippen LogP contribution in [0.4, 0.5) is 0 Å². The first kappa shape index (κ1) is 34.8. The first-order valence-electron chi connectivity index (χ1n) is 15.1. The highest BCUT2D eigenvalue weighted by atomic mass is 32.1. The van der Waals surface area contributed by atoms with E-state index >= 15 is 0 Å². The lowest BCUT2D eigenvalue weighted by molar-refractivity contribution is -0.135. The first-order valence-corrected chi connectivity index (χ1v) is 16.0. The number of carbonyl (C=O) groups excluding carboxylic acids is 3. The maximum Gasteiger partial charge on any atom is 0.300 e. The molecule has 0 saturated heterocycles. The summed E-state index contributed by atoms with van der Waals surface area (Å²) in [6.07, 6.45) is 5.10. The first-order chi connectivity index (χ1) is 21.1. The second-order valence-corrected chi connectivity index (χ2v) is 12.1. The molecule has 3 amide bonds. The Balaban J connectivity index is 0.00000124. The lowest BCUT2D eigenvalue weighted by atomic mass is 9.75. The Labute approximate surface area is 262 Å². The van der Waals surface area contributed by atoms with Crippen LogP contribution in [0.3, 0.4) is 0 Å². The fourth-order valence-corrected chi connectivity index (χ4v) is 5.76. The minimum atomic E-state index is -0.853. The fraction of sp³-hybridized carbons (Fsp3) is 0.581. The molecule has 1 saturated carbocycles. The highest BCUT2D eigenvalue weighted by Gasteiger charge is 2.43. The van der Waals surface area contributed by atoms with E-state index in [0.717, 1.165) is 42.5 Å². The number of fused-ring (bicyclic) bond motifs is 2. The molecule has 2 aromatic rings. The third kappa shape index (κ3) is 11.8. The Hall–Kier alpha value is -3.71. The van der Waals surface area contributed by atoms with Crippen LogP contribution < -0.4 is 30.7 Å². The Morgan fingerprint density at radius 3 is 2.64 bits per heavy atom. The summed E-state index contributed by atoms with van der Waals surface area (Å²) in [5.74, 6) is 0.152. The molecule has 13 heteroatoms. The molecule has 1 aliphatic heterocycles. The van der Waals surface area contributed by atoms with Gasteiger partial charge in [0.1, 0.15) is 5.01 Å². The molecule has 1 fully saturated rings.